The molecule has 2 aromatic rings. The van der Waals surface area contributed by atoms with Crippen LogP contribution in [-0.4, -0.2) is 12.0 Å². The molecule has 1 N–H and O–H groups in total. The molecule has 0 fully saturated rings. The summed E-state index contributed by atoms with van der Waals surface area (Å²) in [7, 11) is 0. The van der Waals surface area contributed by atoms with Gasteiger partial charge in [-0.25, -0.2) is 0 Å². The highest BCUT2D eigenvalue weighted by atomic mass is 16.5. The van der Waals surface area contributed by atoms with Crippen molar-refractivity contribution < 1.29 is 9.53 Å². The second kappa shape index (κ2) is 6.22. The van der Waals surface area contributed by atoms with Crippen LogP contribution in [0.3, 0.4) is 0 Å². The highest BCUT2D eigenvalue weighted by Gasteiger charge is 2.29. The van der Waals surface area contributed by atoms with E-state index in [1.807, 2.05) is 31.2 Å². The molecule has 1 heterocycles. The summed E-state index contributed by atoms with van der Waals surface area (Å²) >= 11 is 0. The van der Waals surface area contributed by atoms with Crippen molar-refractivity contribution >= 4 is 5.91 Å². The molecule has 0 saturated carbocycles. The number of hydrogen-bond acceptors (Lipinski definition) is 2. The number of carbonyl (C=O) groups excluding carboxylic acids is 1. The van der Waals surface area contributed by atoms with Gasteiger partial charge in [0, 0.05) is 6.42 Å². The van der Waals surface area contributed by atoms with Crippen LogP contribution in [0, 0.1) is 0 Å². The van der Waals surface area contributed by atoms with E-state index in [0.717, 1.165) is 23.3 Å². The Morgan fingerprint density at radius 3 is 2.64 bits per heavy atom. The van der Waals surface area contributed by atoms with Gasteiger partial charge in [0.05, 0.1) is 6.04 Å². The van der Waals surface area contributed by atoms with Crippen molar-refractivity contribution in [3.05, 3.63) is 65.2 Å². The molecule has 0 saturated heterocycles. The second-order valence-electron chi connectivity index (χ2n) is 5.74. The Morgan fingerprint density at radius 2 is 1.95 bits per heavy atom. The molecule has 2 aromatic carbocycles. The van der Waals surface area contributed by atoms with Gasteiger partial charge in [0.25, 0.3) is 5.91 Å². The zero-order valence-corrected chi connectivity index (χ0v) is 13.0. The molecule has 2 unspecified atom stereocenters. The minimum Gasteiger partial charge on any atom is -0.480 e. The van der Waals surface area contributed by atoms with Crippen molar-refractivity contribution in [3.63, 3.8) is 0 Å². The SMILES string of the molecule is CCc1ccc(C(C)NC(=O)C2Cc3ccccc3O2)cc1. The van der Waals surface area contributed by atoms with E-state index in [1.54, 1.807) is 0 Å². The third-order valence-electron chi connectivity index (χ3n) is 4.19. The Labute approximate surface area is 131 Å². The minimum absolute atomic E-state index is 0.0225. The standard InChI is InChI=1S/C19H21NO2/c1-3-14-8-10-15(11-9-14)13(2)20-19(21)18-12-16-6-4-5-7-17(16)22-18/h4-11,13,18H,3,12H2,1-2H3,(H,20,21). The van der Waals surface area contributed by atoms with E-state index in [1.165, 1.54) is 5.56 Å². The number of nitrogens with one attached hydrogen (secondary N) is 1. The van der Waals surface area contributed by atoms with Crippen LogP contribution in [0.5, 0.6) is 5.75 Å². The van der Waals surface area contributed by atoms with Gasteiger partial charge in [-0.1, -0.05) is 49.4 Å². The van der Waals surface area contributed by atoms with Gasteiger partial charge in [-0.15, -0.1) is 0 Å². The van der Waals surface area contributed by atoms with Gasteiger partial charge in [0.1, 0.15) is 5.75 Å². The largest absolute Gasteiger partial charge is 0.480 e. The van der Waals surface area contributed by atoms with E-state index < -0.39 is 6.10 Å². The van der Waals surface area contributed by atoms with Crippen LogP contribution in [0.15, 0.2) is 48.5 Å². The van der Waals surface area contributed by atoms with E-state index in [0.29, 0.717) is 6.42 Å². The number of rotatable bonds is 4. The second-order valence-corrected chi connectivity index (χ2v) is 5.74. The number of hydrogen-bond donors (Lipinski definition) is 1. The zero-order valence-electron chi connectivity index (χ0n) is 13.0. The first-order valence-corrected chi connectivity index (χ1v) is 7.81. The smallest absolute Gasteiger partial charge is 0.261 e. The Balaban J connectivity index is 1.62. The monoisotopic (exact) mass is 295 g/mol. The molecule has 0 aliphatic carbocycles. The number of amides is 1. The molecule has 0 aromatic heterocycles. The number of carbonyl (C=O) groups is 1. The molecular formula is C19H21NO2. The Morgan fingerprint density at radius 1 is 1.23 bits per heavy atom. The van der Waals surface area contributed by atoms with Gasteiger partial charge in [-0.2, -0.15) is 0 Å². The van der Waals surface area contributed by atoms with Gasteiger partial charge in [0.15, 0.2) is 6.10 Å². The summed E-state index contributed by atoms with van der Waals surface area (Å²) in [5.41, 5.74) is 3.51. The summed E-state index contributed by atoms with van der Waals surface area (Å²) in [6.45, 7) is 4.14. The van der Waals surface area contributed by atoms with Crippen LogP contribution in [0.25, 0.3) is 0 Å². The molecule has 114 valence electrons. The predicted octanol–water partition coefficient (Wildman–Crippen LogP) is 3.43. The highest BCUT2D eigenvalue weighted by molar-refractivity contribution is 5.82. The lowest BCUT2D eigenvalue weighted by Gasteiger charge is -2.17. The normalized spacial score (nSPS) is 17.5. The first-order chi connectivity index (χ1) is 10.7. The predicted molar refractivity (Wildman–Crippen MR) is 86.9 cm³/mol. The summed E-state index contributed by atoms with van der Waals surface area (Å²) in [6, 6.07) is 16.2. The Kier molecular flexibility index (Phi) is 4.14. The number of ether oxygens (including phenoxy) is 1. The lowest BCUT2D eigenvalue weighted by molar-refractivity contribution is -0.127. The molecule has 0 radical (unpaired) electrons. The maximum absolute atomic E-state index is 12.4. The quantitative estimate of drug-likeness (QED) is 0.938. The van der Waals surface area contributed by atoms with Gasteiger partial charge in [-0.3, -0.25) is 4.79 Å². The van der Waals surface area contributed by atoms with Crippen molar-refractivity contribution in [2.75, 3.05) is 0 Å². The van der Waals surface area contributed by atoms with Crippen LogP contribution in [0.4, 0.5) is 0 Å². The summed E-state index contributed by atoms with van der Waals surface area (Å²) in [5, 5.41) is 3.05. The first kappa shape index (κ1) is 14.6. The van der Waals surface area contributed by atoms with Crippen molar-refractivity contribution in [3.8, 4) is 5.75 Å². The van der Waals surface area contributed by atoms with Crippen molar-refractivity contribution in [1.82, 2.24) is 5.32 Å². The number of para-hydroxylation sites is 1. The van der Waals surface area contributed by atoms with Crippen molar-refractivity contribution in [2.24, 2.45) is 0 Å². The third kappa shape index (κ3) is 2.98. The van der Waals surface area contributed by atoms with Crippen LogP contribution >= 0.6 is 0 Å². The average molecular weight is 295 g/mol. The summed E-state index contributed by atoms with van der Waals surface area (Å²) in [5.74, 6) is 0.769. The molecule has 2 atom stereocenters. The lowest BCUT2D eigenvalue weighted by Crippen LogP contribution is -2.38. The fraction of sp³-hybridized carbons (Fsp3) is 0.316. The molecule has 1 amide bonds. The van der Waals surface area contributed by atoms with E-state index in [-0.39, 0.29) is 11.9 Å². The molecule has 22 heavy (non-hydrogen) atoms. The van der Waals surface area contributed by atoms with Crippen molar-refractivity contribution in [2.45, 2.75) is 38.8 Å². The van der Waals surface area contributed by atoms with Gasteiger partial charge >= 0.3 is 0 Å². The third-order valence-corrected chi connectivity index (χ3v) is 4.19. The molecule has 3 heteroatoms. The van der Waals surface area contributed by atoms with Crippen LogP contribution in [0.2, 0.25) is 0 Å². The number of aryl methyl sites for hydroxylation is 1. The first-order valence-electron chi connectivity index (χ1n) is 7.81. The fourth-order valence-corrected chi connectivity index (χ4v) is 2.76. The number of fused-ring (bicyclic) bond motifs is 1. The molecule has 3 rings (SSSR count). The summed E-state index contributed by atoms with van der Waals surface area (Å²) in [4.78, 5) is 12.4. The molecule has 0 bridgehead atoms. The van der Waals surface area contributed by atoms with Crippen molar-refractivity contribution in [1.29, 1.82) is 0 Å². The average Bonchev–Trinajstić information content (AvgIpc) is 2.99. The van der Waals surface area contributed by atoms with Crippen LogP contribution in [0.1, 0.15) is 36.6 Å². The van der Waals surface area contributed by atoms with E-state index in [2.05, 4.69) is 36.5 Å². The molecule has 1 aliphatic rings. The van der Waals surface area contributed by atoms with Gasteiger partial charge in [0.2, 0.25) is 0 Å². The Bertz CT molecular complexity index is 638. The lowest BCUT2D eigenvalue weighted by atomic mass is 10.0. The van der Waals surface area contributed by atoms with E-state index >= 15 is 0 Å². The van der Waals surface area contributed by atoms with E-state index in [4.69, 9.17) is 4.74 Å². The topological polar surface area (TPSA) is 38.3 Å². The van der Waals surface area contributed by atoms with Gasteiger partial charge in [-0.05, 0) is 36.1 Å². The summed E-state index contributed by atoms with van der Waals surface area (Å²) in [6.07, 6.45) is 1.24. The molecular weight excluding hydrogens is 274 g/mol. The zero-order chi connectivity index (χ0) is 15.5. The maximum atomic E-state index is 12.4. The Hall–Kier alpha value is -2.29. The maximum Gasteiger partial charge on any atom is 0.261 e. The fourth-order valence-electron chi connectivity index (χ4n) is 2.76. The number of benzene rings is 2. The minimum atomic E-state index is -0.422. The molecule has 0 spiro atoms. The van der Waals surface area contributed by atoms with Crippen LogP contribution in [-0.2, 0) is 17.6 Å². The van der Waals surface area contributed by atoms with Crippen LogP contribution < -0.4 is 10.1 Å². The molecule has 3 nitrogen and oxygen atoms in total. The highest BCUT2D eigenvalue weighted by Crippen LogP contribution is 2.28. The summed E-state index contributed by atoms with van der Waals surface area (Å²) < 4.78 is 5.73. The molecule has 1 aliphatic heterocycles. The van der Waals surface area contributed by atoms with Gasteiger partial charge < -0.3 is 10.1 Å². The van der Waals surface area contributed by atoms with E-state index in [9.17, 15) is 4.79 Å².